The smallest absolute Gasteiger partial charge is 0.208 e. The zero-order valence-electron chi connectivity index (χ0n) is 13.9. The van der Waals surface area contributed by atoms with Crippen molar-refractivity contribution in [2.75, 3.05) is 5.32 Å². The number of aliphatic hydroxyl groups is 1. The maximum Gasteiger partial charge on any atom is 0.208 e. The lowest BCUT2D eigenvalue weighted by molar-refractivity contribution is 0.104. The molecule has 3 aromatic heterocycles. The molecule has 26 heavy (non-hydrogen) atoms. The average molecular weight is 368 g/mol. The van der Waals surface area contributed by atoms with Gasteiger partial charge in [-0.3, -0.25) is 4.79 Å². The van der Waals surface area contributed by atoms with E-state index < -0.39 is 6.10 Å². The summed E-state index contributed by atoms with van der Waals surface area (Å²) in [6.45, 7) is 0.677. The minimum atomic E-state index is -0.406. The van der Waals surface area contributed by atoms with Crippen LogP contribution in [0.4, 0.5) is 5.82 Å². The van der Waals surface area contributed by atoms with Crippen LogP contribution in [0.5, 0.6) is 0 Å². The molecule has 1 fully saturated rings. The highest BCUT2D eigenvalue weighted by Crippen LogP contribution is 2.26. The number of carbonyl (C=O) groups excluding carboxylic acids is 1. The minimum Gasteiger partial charge on any atom is -0.393 e. The van der Waals surface area contributed by atoms with Crippen molar-refractivity contribution in [3.8, 4) is 0 Å². The van der Waals surface area contributed by atoms with Crippen LogP contribution in [0.3, 0.4) is 0 Å². The number of hydrogen-bond acceptors (Lipinski definition) is 7. The summed E-state index contributed by atoms with van der Waals surface area (Å²) in [6, 6.07) is 1.98. The molecule has 0 bridgehead atoms. The van der Waals surface area contributed by atoms with Crippen LogP contribution in [0, 0.1) is 6.42 Å². The molecule has 1 saturated carbocycles. The van der Waals surface area contributed by atoms with Gasteiger partial charge in [0.2, 0.25) is 5.78 Å². The third kappa shape index (κ3) is 3.66. The van der Waals surface area contributed by atoms with Crippen molar-refractivity contribution in [1.29, 1.82) is 0 Å². The molecule has 2 atom stereocenters. The van der Waals surface area contributed by atoms with Gasteiger partial charge >= 0.3 is 0 Å². The van der Waals surface area contributed by atoms with E-state index in [1.807, 2.05) is 28.6 Å². The van der Waals surface area contributed by atoms with Crippen molar-refractivity contribution in [1.82, 2.24) is 19.5 Å². The van der Waals surface area contributed by atoms with Crippen molar-refractivity contribution in [2.45, 2.75) is 31.5 Å². The zero-order valence-corrected chi connectivity index (χ0v) is 14.8. The molecule has 0 amide bonds. The molecule has 4 rings (SSSR count). The monoisotopic (exact) mass is 368 g/mol. The van der Waals surface area contributed by atoms with Crippen molar-refractivity contribution < 1.29 is 9.90 Å². The molecule has 2 N–H and O–H groups in total. The fourth-order valence-corrected chi connectivity index (χ4v) is 3.89. The number of carbonyl (C=O) groups is 1. The van der Waals surface area contributed by atoms with Crippen LogP contribution >= 0.6 is 11.3 Å². The van der Waals surface area contributed by atoms with Crippen LogP contribution in [-0.2, 0) is 6.54 Å². The number of thiophene rings is 1. The molecule has 7 nitrogen and oxygen atoms in total. The molecule has 133 valence electrons. The molecule has 8 heteroatoms. The second-order valence-corrected chi connectivity index (χ2v) is 7.20. The molecule has 1 aliphatic carbocycles. The van der Waals surface area contributed by atoms with Gasteiger partial charge in [0.15, 0.2) is 0 Å². The van der Waals surface area contributed by atoms with Gasteiger partial charge in [-0.25, -0.2) is 15.0 Å². The highest BCUT2D eigenvalue weighted by molar-refractivity contribution is 7.12. The van der Waals surface area contributed by atoms with Crippen LogP contribution in [0.25, 0.3) is 0 Å². The fraction of sp³-hybridized carbons (Fsp3) is 0.278. The molecular formula is C18H18N5O2S. The predicted molar refractivity (Wildman–Crippen MR) is 98.1 cm³/mol. The maximum atomic E-state index is 12.9. The molecule has 3 heterocycles. The number of aromatic nitrogens is 4. The van der Waals surface area contributed by atoms with E-state index in [9.17, 15) is 9.90 Å². The first-order valence-corrected chi connectivity index (χ1v) is 9.23. The lowest BCUT2D eigenvalue weighted by Gasteiger charge is -2.14. The molecular weight excluding hydrogens is 350 g/mol. The lowest BCUT2D eigenvalue weighted by atomic mass is 10.1. The summed E-state index contributed by atoms with van der Waals surface area (Å²) in [5.74, 6) is 0.416. The number of aliphatic hydroxyl groups excluding tert-OH is 1. The van der Waals surface area contributed by atoms with Gasteiger partial charge in [-0.15, -0.1) is 11.3 Å². The van der Waals surface area contributed by atoms with Gasteiger partial charge in [0.25, 0.3) is 0 Å². The van der Waals surface area contributed by atoms with Gasteiger partial charge in [0.05, 0.1) is 22.9 Å². The van der Waals surface area contributed by atoms with Crippen LogP contribution in [0.2, 0.25) is 0 Å². The second kappa shape index (κ2) is 7.35. The lowest BCUT2D eigenvalue weighted by Crippen LogP contribution is -2.20. The summed E-state index contributed by atoms with van der Waals surface area (Å²) in [4.78, 5) is 25.9. The Morgan fingerprint density at radius 2 is 2.35 bits per heavy atom. The Morgan fingerprint density at radius 1 is 1.42 bits per heavy atom. The molecule has 0 unspecified atom stereocenters. The second-order valence-electron chi connectivity index (χ2n) is 6.28. The zero-order chi connectivity index (χ0) is 17.9. The van der Waals surface area contributed by atoms with Crippen molar-refractivity contribution in [2.24, 2.45) is 0 Å². The highest BCUT2D eigenvalue weighted by atomic mass is 32.1. The van der Waals surface area contributed by atoms with Gasteiger partial charge in [-0.05, 0) is 36.3 Å². The minimum absolute atomic E-state index is 0.0755. The van der Waals surface area contributed by atoms with E-state index in [4.69, 9.17) is 0 Å². The van der Waals surface area contributed by atoms with E-state index in [1.54, 1.807) is 18.7 Å². The maximum absolute atomic E-state index is 12.9. The van der Waals surface area contributed by atoms with Crippen molar-refractivity contribution >= 4 is 22.9 Å². The average Bonchev–Trinajstić information content (AvgIpc) is 3.39. The Labute approximate surface area is 154 Å². The number of ketones is 1. The predicted octanol–water partition coefficient (Wildman–Crippen LogP) is 2.15. The van der Waals surface area contributed by atoms with Crippen LogP contribution in [0.15, 0.2) is 42.7 Å². The molecule has 0 saturated heterocycles. The summed E-state index contributed by atoms with van der Waals surface area (Å²) in [5.41, 5.74) is 1.50. The summed E-state index contributed by atoms with van der Waals surface area (Å²) < 4.78 is 1.96. The van der Waals surface area contributed by atoms with Crippen LogP contribution in [-0.4, -0.2) is 42.6 Å². The number of rotatable bonds is 6. The van der Waals surface area contributed by atoms with Crippen molar-refractivity contribution in [3.63, 3.8) is 0 Å². The molecule has 1 aliphatic rings. The van der Waals surface area contributed by atoms with Crippen LogP contribution < -0.4 is 5.32 Å². The Kier molecular flexibility index (Phi) is 4.77. The highest BCUT2D eigenvalue weighted by Gasteiger charge is 2.25. The number of nitrogens with one attached hydrogen (secondary N) is 1. The Morgan fingerprint density at radius 3 is 3.12 bits per heavy atom. The topological polar surface area (TPSA) is 92.9 Å². The first kappa shape index (κ1) is 16.9. The summed E-state index contributed by atoms with van der Waals surface area (Å²) >= 11 is 1.41. The fourth-order valence-electron chi connectivity index (χ4n) is 3.03. The number of hydrogen-bond donors (Lipinski definition) is 2. The van der Waals surface area contributed by atoms with Crippen molar-refractivity contribution in [3.05, 3.63) is 65.1 Å². The Bertz CT molecular complexity index is 893. The normalized spacial score (nSPS) is 19.6. The Hall–Kier alpha value is -2.58. The molecule has 0 aromatic carbocycles. The van der Waals surface area contributed by atoms with E-state index >= 15 is 0 Å². The van der Waals surface area contributed by atoms with Gasteiger partial charge in [0.1, 0.15) is 12.1 Å². The molecule has 0 spiro atoms. The number of imidazole rings is 1. The van der Waals surface area contributed by atoms with E-state index in [0.29, 0.717) is 29.2 Å². The molecule has 0 aliphatic heterocycles. The molecule has 3 aromatic rings. The third-order valence-corrected chi connectivity index (χ3v) is 5.30. The summed E-state index contributed by atoms with van der Waals surface area (Å²) in [6.07, 6.45) is 11.2. The van der Waals surface area contributed by atoms with Gasteiger partial charge in [-0.1, -0.05) is 0 Å². The number of nitrogens with zero attached hydrogens (tertiary/aromatic N) is 4. The first-order valence-electron chi connectivity index (χ1n) is 8.35. The third-order valence-electron chi connectivity index (χ3n) is 4.32. The largest absolute Gasteiger partial charge is 0.393 e. The number of anilines is 1. The quantitative estimate of drug-likeness (QED) is 0.648. The van der Waals surface area contributed by atoms with E-state index in [1.165, 1.54) is 17.7 Å². The van der Waals surface area contributed by atoms with Gasteiger partial charge in [-0.2, -0.15) is 0 Å². The summed E-state index contributed by atoms with van der Waals surface area (Å²) in [7, 11) is 0. The SMILES string of the molecule is O=C(c1cc(Cn2ccnc2)cs1)c1cncnc1N[C@@H]1C[CH][C@H](O)C1. The standard InChI is InChI=1S/C18H18N5O2S/c24-14-2-1-13(6-14)22-18-15(7-20-10-21-18)17(25)16-5-12(9-26-16)8-23-4-3-19-11-23/h2-5,7,9-11,13-14,24H,1,6,8H2,(H,20,21,22)/t13-,14+/m1/s1. The summed E-state index contributed by atoms with van der Waals surface area (Å²) in [5, 5.41) is 14.9. The van der Waals surface area contributed by atoms with E-state index in [2.05, 4.69) is 20.3 Å². The van der Waals surface area contributed by atoms with E-state index in [0.717, 1.165) is 12.0 Å². The van der Waals surface area contributed by atoms with Gasteiger partial charge in [0, 0.05) is 31.2 Å². The molecule has 1 radical (unpaired) electrons. The Balaban J connectivity index is 1.52. The van der Waals surface area contributed by atoms with Crippen LogP contribution in [0.1, 0.15) is 33.6 Å². The first-order chi connectivity index (χ1) is 12.7. The van der Waals surface area contributed by atoms with Gasteiger partial charge < -0.3 is 15.0 Å². The van der Waals surface area contributed by atoms with E-state index in [-0.39, 0.29) is 11.8 Å².